The summed E-state index contributed by atoms with van der Waals surface area (Å²) in [5.74, 6) is -0.440. The number of amides is 1. The molecule has 0 saturated carbocycles. The molecule has 1 aliphatic heterocycles. The zero-order valence-corrected chi connectivity index (χ0v) is 16.1. The second-order valence-electron chi connectivity index (χ2n) is 6.95. The lowest BCUT2D eigenvalue weighted by Crippen LogP contribution is -2.39. The summed E-state index contributed by atoms with van der Waals surface area (Å²) in [6, 6.07) is 13.9. The van der Waals surface area contributed by atoms with Crippen molar-refractivity contribution in [2.24, 2.45) is 11.1 Å². The van der Waals surface area contributed by atoms with E-state index in [0.29, 0.717) is 35.8 Å². The van der Waals surface area contributed by atoms with E-state index in [1.807, 2.05) is 32.0 Å². The molecule has 2 aromatic carbocycles. The van der Waals surface area contributed by atoms with Crippen LogP contribution in [0.5, 0.6) is 0 Å². The Morgan fingerprint density at radius 2 is 2.07 bits per heavy atom. The van der Waals surface area contributed by atoms with Crippen molar-refractivity contribution >= 4 is 23.2 Å². The third kappa shape index (κ3) is 4.86. The van der Waals surface area contributed by atoms with Crippen molar-refractivity contribution in [3.63, 3.8) is 0 Å². The van der Waals surface area contributed by atoms with Crippen LogP contribution >= 0.6 is 11.6 Å². The summed E-state index contributed by atoms with van der Waals surface area (Å²) >= 11 is 6.06. The second kappa shape index (κ2) is 8.53. The number of carbonyl (C=O) groups is 1. The Labute approximate surface area is 163 Å². The van der Waals surface area contributed by atoms with Gasteiger partial charge in [-0.1, -0.05) is 60.9 Å². The van der Waals surface area contributed by atoms with E-state index in [4.69, 9.17) is 16.4 Å². The second-order valence-corrected chi connectivity index (χ2v) is 7.39. The lowest BCUT2D eigenvalue weighted by Gasteiger charge is -2.26. The van der Waals surface area contributed by atoms with Gasteiger partial charge in [0.05, 0.1) is 12.3 Å². The van der Waals surface area contributed by atoms with Crippen LogP contribution in [0.3, 0.4) is 0 Å². The summed E-state index contributed by atoms with van der Waals surface area (Å²) in [5, 5.41) is 4.68. The third-order valence-corrected chi connectivity index (χ3v) is 4.64. The summed E-state index contributed by atoms with van der Waals surface area (Å²) in [6.07, 6.45) is 0.153. The maximum absolute atomic E-state index is 14.0. The first-order valence-electron chi connectivity index (χ1n) is 8.95. The molecule has 3 rings (SSSR count). The number of rotatable bonds is 6. The summed E-state index contributed by atoms with van der Waals surface area (Å²) in [6.45, 7) is 4.55. The maximum atomic E-state index is 14.0. The minimum atomic E-state index is -0.324. The number of hydrogen-bond acceptors (Lipinski definition) is 3. The van der Waals surface area contributed by atoms with E-state index in [2.05, 4.69) is 5.16 Å². The van der Waals surface area contributed by atoms with Crippen LogP contribution in [0.25, 0.3) is 0 Å². The highest BCUT2D eigenvalue weighted by Gasteiger charge is 2.28. The molecule has 4 nitrogen and oxygen atoms in total. The van der Waals surface area contributed by atoms with E-state index >= 15 is 0 Å². The maximum Gasteiger partial charge on any atom is 0.225 e. The fourth-order valence-corrected chi connectivity index (χ4v) is 3.29. The fourth-order valence-electron chi connectivity index (χ4n) is 3.08. The van der Waals surface area contributed by atoms with Crippen molar-refractivity contribution in [2.45, 2.75) is 32.9 Å². The topological polar surface area (TPSA) is 41.9 Å². The van der Waals surface area contributed by atoms with Crippen molar-refractivity contribution in [3.05, 3.63) is 70.5 Å². The van der Waals surface area contributed by atoms with Gasteiger partial charge in [-0.05, 0) is 23.8 Å². The molecule has 1 atom stereocenters. The summed E-state index contributed by atoms with van der Waals surface area (Å²) in [7, 11) is 0. The van der Waals surface area contributed by atoms with E-state index < -0.39 is 0 Å². The number of oxime groups is 1. The lowest BCUT2D eigenvalue weighted by atomic mass is 10.0. The highest BCUT2D eigenvalue weighted by molar-refractivity contribution is 6.30. The van der Waals surface area contributed by atoms with Crippen LogP contribution in [-0.4, -0.2) is 29.2 Å². The van der Waals surface area contributed by atoms with Crippen molar-refractivity contribution in [2.75, 3.05) is 6.54 Å². The molecule has 0 N–H and O–H groups in total. The Morgan fingerprint density at radius 3 is 2.78 bits per heavy atom. The van der Waals surface area contributed by atoms with Gasteiger partial charge in [0.1, 0.15) is 5.82 Å². The van der Waals surface area contributed by atoms with Gasteiger partial charge in [0.15, 0.2) is 6.10 Å². The lowest BCUT2D eigenvalue weighted by molar-refractivity contribution is -0.136. The van der Waals surface area contributed by atoms with Crippen molar-refractivity contribution < 1.29 is 14.0 Å². The smallest absolute Gasteiger partial charge is 0.225 e. The molecule has 1 aliphatic rings. The van der Waals surface area contributed by atoms with Crippen molar-refractivity contribution in [1.82, 2.24) is 4.90 Å². The average molecular weight is 389 g/mol. The molecule has 0 aromatic heterocycles. The molecule has 1 amide bonds. The van der Waals surface area contributed by atoms with E-state index in [1.54, 1.807) is 29.2 Å². The molecule has 0 radical (unpaired) electrons. The van der Waals surface area contributed by atoms with Crippen molar-refractivity contribution in [1.29, 1.82) is 0 Å². The normalized spacial score (nSPS) is 16.2. The first-order chi connectivity index (χ1) is 12.9. The molecular weight excluding hydrogens is 367 g/mol. The van der Waals surface area contributed by atoms with Gasteiger partial charge in [-0.15, -0.1) is 0 Å². The van der Waals surface area contributed by atoms with Gasteiger partial charge in [0.25, 0.3) is 0 Å². The predicted molar refractivity (Wildman–Crippen MR) is 104 cm³/mol. The number of carbonyl (C=O) groups excluding carboxylic acids is 1. The molecule has 0 saturated heterocycles. The summed E-state index contributed by atoms with van der Waals surface area (Å²) in [5.41, 5.74) is 1.96. The first-order valence-corrected chi connectivity index (χ1v) is 9.32. The van der Waals surface area contributed by atoms with E-state index in [1.165, 1.54) is 6.07 Å². The van der Waals surface area contributed by atoms with Crippen LogP contribution in [0.4, 0.5) is 4.39 Å². The Bertz CT molecular complexity index is 854. The monoisotopic (exact) mass is 388 g/mol. The van der Waals surface area contributed by atoms with Gasteiger partial charge in [-0.25, -0.2) is 4.39 Å². The van der Waals surface area contributed by atoms with Gasteiger partial charge >= 0.3 is 0 Å². The molecule has 27 heavy (non-hydrogen) atoms. The molecule has 142 valence electrons. The van der Waals surface area contributed by atoms with Crippen LogP contribution in [0.2, 0.25) is 5.02 Å². The Morgan fingerprint density at radius 1 is 1.30 bits per heavy atom. The highest BCUT2D eigenvalue weighted by Crippen LogP contribution is 2.21. The third-order valence-electron chi connectivity index (χ3n) is 4.41. The fraction of sp³-hybridized carbons (Fsp3) is 0.333. The number of benzene rings is 2. The minimum absolute atomic E-state index is 0.0258. The Hall–Kier alpha value is -2.40. The van der Waals surface area contributed by atoms with E-state index in [0.717, 1.165) is 5.56 Å². The average Bonchev–Trinajstić information content (AvgIpc) is 3.09. The first kappa shape index (κ1) is 19.4. The van der Waals surface area contributed by atoms with Gasteiger partial charge in [0.2, 0.25) is 5.91 Å². The molecule has 0 bridgehead atoms. The molecule has 6 heteroatoms. The summed E-state index contributed by atoms with van der Waals surface area (Å²) in [4.78, 5) is 19.9. The van der Waals surface area contributed by atoms with Gasteiger partial charge in [-0.2, -0.15) is 0 Å². The van der Waals surface area contributed by atoms with Crippen LogP contribution in [0, 0.1) is 11.7 Å². The number of halogens is 2. The largest absolute Gasteiger partial charge is 0.390 e. The zero-order chi connectivity index (χ0) is 19.4. The van der Waals surface area contributed by atoms with E-state index in [9.17, 15) is 9.18 Å². The predicted octanol–water partition coefficient (Wildman–Crippen LogP) is 4.66. The number of hydrogen-bond donors (Lipinski definition) is 0. The summed E-state index contributed by atoms with van der Waals surface area (Å²) < 4.78 is 14.0. The molecule has 1 heterocycles. The van der Waals surface area contributed by atoms with Gasteiger partial charge < -0.3 is 9.74 Å². The quantitative estimate of drug-likeness (QED) is 0.722. The standard InChI is InChI=1S/C21H22ClFN2O2/c1-14(2)21(26)25(12-15-6-5-7-16(22)10-15)13-17-11-20(24-27-17)18-8-3-4-9-19(18)23/h3-10,14,17H,11-13H2,1-2H3/t17-/m0/s1. The van der Waals surface area contributed by atoms with Gasteiger partial charge in [0, 0.05) is 29.5 Å². The molecular formula is C21H22ClFN2O2. The van der Waals surface area contributed by atoms with Crippen molar-refractivity contribution in [3.8, 4) is 0 Å². The minimum Gasteiger partial charge on any atom is -0.390 e. The van der Waals surface area contributed by atoms with Crippen LogP contribution in [-0.2, 0) is 16.2 Å². The number of nitrogens with zero attached hydrogens (tertiary/aromatic N) is 2. The SMILES string of the molecule is CC(C)C(=O)N(Cc1cccc(Cl)c1)C[C@@H]1CC(c2ccccc2F)=NO1. The zero-order valence-electron chi connectivity index (χ0n) is 15.4. The van der Waals surface area contributed by atoms with Crippen LogP contribution < -0.4 is 0 Å². The molecule has 0 spiro atoms. The molecule has 0 fully saturated rings. The molecule has 0 aliphatic carbocycles. The molecule has 2 aromatic rings. The Kier molecular flexibility index (Phi) is 6.11. The van der Waals surface area contributed by atoms with Gasteiger partial charge in [-0.3, -0.25) is 4.79 Å². The highest BCUT2D eigenvalue weighted by atomic mass is 35.5. The van der Waals surface area contributed by atoms with Crippen LogP contribution in [0.15, 0.2) is 53.7 Å². The molecule has 0 unspecified atom stereocenters. The van der Waals surface area contributed by atoms with Crippen LogP contribution in [0.1, 0.15) is 31.4 Å². The Balaban J connectivity index is 1.70. The van der Waals surface area contributed by atoms with E-state index in [-0.39, 0.29) is 23.7 Å².